The average molecular weight is 394 g/mol. The number of fused-ring (bicyclic) bond motifs is 1. The summed E-state index contributed by atoms with van der Waals surface area (Å²) >= 11 is 0. The Hall–Kier alpha value is -2.66. The van der Waals surface area contributed by atoms with Crippen LogP contribution in [0.1, 0.15) is 36.1 Å². The molecule has 1 aromatic heterocycles. The number of nitrogens with zero attached hydrogens (tertiary/aromatic N) is 3. The topological polar surface area (TPSA) is 47.4 Å². The molecule has 5 nitrogen and oxygen atoms in total. The number of imidazole rings is 1. The number of rotatable bonds is 7. The summed E-state index contributed by atoms with van der Waals surface area (Å²) in [6, 6.07) is 10.3. The Morgan fingerprint density at radius 2 is 1.90 bits per heavy atom. The number of carbonyl (C=O) groups is 1. The van der Waals surface area contributed by atoms with E-state index in [1.807, 2.05) is 16.4 Å². The maximum atomic E-state index is 13.6. The van der Waals surface area contributed by atoms with E-state index in [2.05, 4.69) is 63.0 Å². The molecule has 3 aromatic rings. The van der Waals surface area contributed by atoms with E-state index in [0.29, 0.717) is 6.61 Å². The number of ether oxygens (including phenoxy) is 1. The number of anilines is 1. The van der Waals surface area contributed by atoms with Gasteiger partial charge in [0.15, 0.2) is 0 Å². The van der Waals surface area contributed by atoms with E-state index in [1.54, 1.807) is 13.4 Å². The van der Waals surface area contributed by atoms with Crippen molar-refractivity contribution < 1.29 is 9.53 Å². The third-order valence-electron chi connectivity index (χ3n) is 5.60. The number of carbonyl (C=O) groups excluding carboxylic acids is 1. The van der Waals surface area contributed by atoms with Gasteiger partial charge >= 0.3 is 0 Å². The Labute approximate surface area is 173 Å². The second-order valence-electron chi connectivity index (χ2n) is 7.80. The molecule has 0 aliphatic heterocycles. The molecule has 0 saturated carbocycles. The van der Waals surface area contributed by atoms with E-state index in [1.165, 1.54) is 16.7 Å². The Kier molecular flexibility index (Phi) is 6.38. The molecule has 0 spiro atoms. The Morgan fingerprint density at radius 1 is 1.17 bits per heavy atom. The molecule has 0 unspecified atom stereocenters. The first-order chi connectivity index (χ1) is 13.9. The molecule has 0 saturated heterocycles. The van der Waals surface area contributed by atoms with Crippen LogP contribution in [-0.4, -0.2) is 35.2 Å². The molecule has 0 aliphatic carbocycles. The highest BCUT2D eigenvalue weighted by Gasteiger charge is 2.26. The van der Waals surface area contributed by atoms with Crippen molar-refractivity contribution in [2.45, 2.75) is 53.6 Å². The summed E-state index contributed by atoms with van der Waals surface area (Å²) in [5.41, 5.74) is 7.58. The van der Waals surface area contributed by atoms with E-state index in [-0.39, 0.29) is 18.5 Å². The van der Waals surface area contributed by atoms with Crippen molar-refractivity contribution >= 4 is 22.6 Å². The number of aromatic nitrogens is 2. The molecule has 3 rings (SSSR count). The molecule has 1 heterocycles. The summed E-state index contributed by atoms with van der Waals surface area (Å²) in [5.74, 6) is 0.0380. The lowest BCUT2D eigenvalue weighted by molar-refractivity contribution is -0.119. The summed E-state index contributed by atoms with van der Waals surface area (Å²) < 4.78 is 7.34. The lowest BCUT2D eigenvalue weighted by Gasteiger charge is -2.32. The van der Waals surface area contributed by atoms with Gasteiger partial charge in [-0.05, 0) is 68.5 Å². The van der Waals surface area contributed by atoms with E-state index in [4.69, 9.17) is 4.74 Å². The average Bonchev–Trinajstić information content (AvgIpc) is 3.05. The van der Waals surface area contributed by atoms with Gasteiger partial charge in [-0.2, -0.15) is 0 Å². The normalized spacial score (nSPS) is 12.3. The van der Waals surface area contributed by atoms with Crippen molar-refractivity contribution in [1.29, 1.82) is 0 Å². The van der Waals surface area contributed by atoms with Crippen LogP contribution >= 0.6 is 0 Å². The zero-order chi connectivity index (χ0) is 21.1. The molecule has 0 radical (unpaired) electrons. The number of methoxy groups -OCH3 is 1. The Morgan fingerprint density at radius 3 is 2.59 bits per heavy atom. The molecular weight excluding hydrogens is 362 g/mol. The molecule has 5 heteroatoms. The molecule has 1 atom stereocenters. The number of aryl methyl sites for hydroxylation is 4. The van der Waals surface area contributed by atoms with Crippen LogP contribution in [0.3, 0.4) is 0 Å². The summed E-state index contributed by atoms with van der Waals surface area (Å²) in [7, 11) is 1.67. The molecule has 0 bridgehead atoms. The minimum atomic E-state index is -0.0716. The van der Waals surface area contributed by atoms with Gasteiger partial charge in [0.2, 0.25) is 5.91 Å². The molecule has 1 amide bonds. The van der Waals surface area contributed by atoms with Gasteiger partial charge in [0.1, 0.15) is 6.54 Å². The van der Waals surface area contributed by atoms with Crippen molar-refractivity contribution in [1.82, 2.24) is 9.55 Å². The van der Waals surface area contributed by atoms with Crippen LogP contribution in [0.4, 0.5) is 5.69 Å². The molecular formula is C24H31N3O2. The Balaban J connectivity index is 2.02. The second-order valence-corrected chi connectivity index (χ2v) is 7.80. The summed E-state index contributed by atoms with van der Waals surface area (Å²) in [6.45, 7) is 11.1. The van der Waals surface area contributed by atoms with E-state index >= 15 is 0 Å². The number of benzene rings is 2. The monoisotopic (exact) mass is 393 g/mol. The van der Waals surface area contributed by atoms with Gasteiger partial charge in [-0.15, -0.1) is 0 Å². The SMILES string of the molecule is CCc1cccc(C)c1N(C(=O)Cn1cnc2cc(C)c(C)cc21)[C@@H](C)COC. The highest BCUT2D eigenvalue weighted by molar-refractivity contribution is 5.96. The smallest absolute Gasteiger partial charge is 0.247 e. The first-order valence-electron chi connectivity index (χ1n) is 10.2. The molecule has 0 fully saturated rings. The number of hydrogen-bond acceptors (Lipinski definition) is 3. The quantitative estimate of drug-likeness (QED) is 0.590. The predicted molar refractivity (Wildman–Crippen MR) is 119 cm³/mol. The summed E-state index contributed by atoms with van der Waals surface area (Å²) in [4.78, 5) is 20.0. The van der Waals surface area contributed by atoms with Crippen LogP contribution in [0.2, 0.25) is 0 Å². The second kappa shape index (κ2) is 8.78. The van der Waals surface area contributed by atoms with Crippen molar-refractivity contribution in [3.8, 4) is 0 Å². The lowest BCUT2D eigenvalue weighted by Crippen LogP contribution is -2.44. The minimum Gasteiger partial charge on any atom is -0.383 e. The third-order valence-corrected chi connectivity index (χ3v) is 5.60. The van der Waals surface area contributed by atoms with Gasteiger partial charge in [0.05, 0.1) is 35.7 Å². The molecule has 0 N–H and O–H groups in total. The van der Waals surface area contributed by atoms with E-state index in [9.17, 15) is 4.79 Å². The maximum Gasteiger partial charge on any atom is 0.247 e. The predicted octanol–water partition coefficient (Wildman–Crippen LogP) is 4.59. The molecule has 0 aliphatic rings. The number of para-hydroxylation sites is 1. The van der Waals surface area contributed by atoms with Crippen LogP contribution in [0.15, 0.2) is 36.7 Å². The summed E-state index contributed by atoms with van der Waals surface area (Å²) in [5, 5.41) is 0. The van der Waals surface area contributed by atoms with Crippen molar-refractivity contribution in [3.05, 3.63) is 58.9 Å². The first kappa shape index (κ1) is 21.1. The highest BCUT2D eigenvalue weighted by atomic mass is 16.5. The van der Waals surface area contributed by atoms with Gasteiger partial charge in [-0.1, -0.05) is 25.1 Å². The zero-order valence-electron chi connectivity index (χ0n) is 18.3. The van der Waals surface area contributed by atoms with Gasteiger partial charge in [0.25, 0.3) is 0 Å². The fourth-order valence-electron chi connectivity index (χ4n) is 3.92. The highest BCUT2D eigenvalue weighted by Crippen LogP contribution is 2.29. The van der Waals surface area contributed by atoms with Gasteiger partial charge in [0, 0.05) is 7.11 Å². The minimum absolute atomic E-state index is 0.0380. The van der Waals surface area contributed by atoms with E-state index < -0.39 is 0 Å². The van der Waals surface area contributed by atoms with Gasteiger partial charge in [-0.25, -0.2) is 4.98 Å². The largest absolute Gasteiger partial charge is 0.383 e. The standard InChI is InChI=1S/C24H31N3O2/c1-7-20-10-8-9-16(2)24(20)27(19(5)14-29-6)23(28)13-26-15-25-21-11-17(3)18(4)12-22(21)26/h8-12,15,19H,7,13-14H2,1-6H3/t19-/m0/s1. The van der Waals surface area contributed by atoms with Crippen LogP contribution in [0, 0.1) is 20.8 Å². The van der Waals surface area contributed by atoms with Crippen LogP contribution in [-0.2, 0) is 22.5 Å². The first-order valence-corrected chi connectivity index (χ1v) is 10.2. The van der Waals surface area contributed by atoms with Crippen molar-refractivity contribution in [2.75, 3.05) is 18.6 Å². The molecule has 154 valence electrons. The zero-order valence-corrected chi connectivity index (χ0v) is 18.3. The van der Waals surface area contributed by atoms with Crippen LogP contribution in [0.5, 0.6) is 0 Å². The maximum absolute atomic E-state index is 13.6. The van der Waals surface area contributed by atoms with Crippen LogP contribution in [0.25, 0.3) is 11.0 Å². The van der Waals surface area contributed by atoms with Gasteiger partial charge < -0.3 is 14.2 Å². The lowest BCUT2D eigenvalue weighted by atomic mass is 10.0. The fraction of sp³-hybridized carbons (Fsp3) is 0.417. The molecule has 2 aromatic carbocycles. The van der Waals surface area contributed by atoms with Gasteiger partial charge in [-0.3, -0.25) is 4.79 Å². The third kappa shape index (κ3) is 4.20. The van der Waals surface area contributed by atoms with Crippen molar-refractivity contribution in [3.63, 3.8) is 0 Å². The summed E-state index contributed by atoms with van der Waals surface area (Å²) in [6.07, 6.45) is 2.63. The number of hydrogen-bond donors (Lipinski definition) is 0. The van der Waals surface area contributed by atoms with E-state index in [0.717, 1.165) is 28.7 Å². The van der Waals surface area contributed by atoms with Crippen molar-refractivity contribution in [2.24, 2.45) is 0 Å². The fourth-order valence-corrected chi connectivity index (χ4v) is 3.92. The molecule has 29 heavy (non-hydrogen) atoms. The Bertz CT molecular complexity index is 1020. The van der Waals surface area contributed by atoms with Crippen LogP contribution < -0.4 is 4.90 Å². The number of amides is 1.